The first-order valence-corrected chi connectivity index (χ1v) is 13.1. The first-order chi connectivity index (χ1) is 16.9. The number of unbranched alkanes of at least 4 members (excludes halogenated alkanes) is 1. The van der Waals surface area contributed by atoms with Gasteiger partial charge >= 0.3 is 6.09 Å². The van der Waals surface area contributed by atoms with Crippen LogP contribution in [0.3, 0.4) is 0 Å². The molecule has 0 saturated carbocycles. The van der Waals surface area contributed by atoms with Crippen molar-refractivity contribution in [2.24, 2.45) is 5.92 Å². The minimum absolute atomic E-state index is 0.00219. The molecule has 2 aliphatic rings. The van der Waals surface area contributed by atoms with Crippen molar-refractivity contribution in [2.75, 3.05) is 32.7 Å². The van der Waals surface area contributed by atoms with E-state index in [-0.39, 0.29) is 18.4 Å². The molecule has 1 aromatic rings. The number of amides is 3. The Balaban J connectivity index is 1.43. The van der Waals surface area contributed by atoms with Crippen LogP contribution in [0.15, 0.2) is 30.3 Å². The van der Waals surface area contributed by atoms with Crippen molar-refractivity contribution in [1.29, 1.82) is 0 Å². The van der Waals surface area contributed by atoms with Gasteiger partial charge in [-0.2, -0.15) is 0 Å². The molecule has 0 bridgehead atoms. The summed E-state index contributed by atoms with van der Waals surface area (Å²) in [4.78, 5) is 42.9. The van der Waals surface area contributed by atoms with Gasteiger partial charge in [0.05, 0.1) is 0 Å². The lowest BCUT2D eigenvalue weighted by Crippen LogP contribution is -2.72. The normalized spacial score (nSPS) is 20.2. The van der Waals surface area contributed by atoms with Crippen LogP contribution in [0, 0.1) is 5.92 Å². The summed E-state index contributed by atoms with van der Waals surface area (Å²) in [5.74, 6) is 0.628. The zero-order chi connectivity index (χ0) is 25.3. The van der Waals surface area contributed by atoms with Gasteiger partial charge in [-0.1, -0.05) is 51.1 Å². The van der Waals surface area contributed by atoms with Crippen molar-refractivity contribution in [3.63, 3.8) is 0 Å². The Labute approximate surface area is 209 Å². The van der Waals surface area contributed by atoms with Crippen molar-refractivity contribution in [1.82, 2.24) is 20.4 Å². The average molecular weight is 487 g/mol. The van der Waals surface area contributed by atoms with Crippen LogP contribution in [0.2, 0.25) is 0 Å². The summed E-state index contributed by atoms with van der Waals surface area (Å²) in [6.45, 7) is 10.5. The summed E-state index contributed by atoms with van der Waals surface area (Å²) in [6, 6.07) is 9.05. The topological polar surface area (TPSA) is 91.0 Å². The van der Waals surface area contributed by atoms with E-state index >= 15 is 0 Å². The second-order valence-electron chi connectivity index (χ2n) is 10.2. The lowest BCUT2D eigenvalue weighted by Gasteiger charge is -2.52. The maximum absolute atomic E-state index is 13.4. The molecular weight excluding hydrogens is 444 g/mol. The van der Waals surface area contributed by atoms with Gasteiger partial charge in [0.15, 0.2) is 0 Å². The molecule has 2 fully saturated rings. The lowest BCUT2D eigenvalue weighted by atomic mass is 9.81. The van der Waals surface area contributed by atoms with Crippen LogP contribution < -0.4 is 10.6 Å². The predicted octanol–water partition coefficient (Wildman–Crippen LogP) is 3.31. The van der Waals surface area contributed by atoms with Gasteiger partial charge in [0.2, 0.25) is 11.8 Å². The average Bonchev–Trinajstić information content (AvgIpc) is 2.85. The molecule has 0 radical (unpaired) electrons. The van der Waals surface area contributed by atoms with E-state index in [4.69, 9.17) is 4.74 Å². The third-order valence-electron chi connectivity index (χ3n) is 6.96. The Morgan fingerprint density at radius 1 is 1.17 bits per heavy atom. The SMILES string of the molecule is CCCN1C(=O)[C@H](CCCCNC(=O)OCc2ccccc2)NC(=O)C12CCN(CC(C)C)CC2. The smallest absolute Gasteiger partial charge is 0.407 e. The highest BCUT2D eigenvalue weighted by atomic mass is 16.5. The van der Waals surface area contributed by atoms with Gasteiger partial charge in [-0.05, 0) is 50.0 Å². The van der Waals surface area contributed by atoms with E-state index in [2.05, 4.69) is 36.3 Å². The largest absolute Gasteiger partial charge is 0.445 e. The number of benzene rings is 1. The zero-order valence-corrected chi connectivity index (χ0v) is 21.6. The van der Waals surface area contributed by atoms with Gasteiger partial charge in [-0.3, -0.25) is 9.59 Å². The van der Waals surface area contributed by atoms with E-state index in [1.807, 2.05) is 35.2 Å². The Bertz CT molecular complexity index is 837. The molecule has 2 heterocycles. The molecule has 1 atom stereocenters. The van der Waals surface area contributed by atoms with Crippen LogP contribution in [-0.2, 0) is 20.9 Å². The number of piperidine rings is 1. The summed E-state index contributed by atoms with van der Waals surface area (Å²) in [5, 5.41) is 5.80. The molecule has 2 saturated heterocycles. The third-order valence-corrected chi connectivity index (χ3v) is 6.96. The van der Waals surface area contributed by atoms with E-state index < -0.39 is 17.7 Å². The zero-order valence-electron chi connectivity index (χ0n) is 21.6. The second kappa shape index (κ2) is 12.9. The van der Waals surface area contributed by atoms with Crippen LogP contribution in [0.1, 0.15) is 64.9 Å². The fraction of sp³-hybridized carbons (Fsp3) is 0.667. The number of ether oxygens (including phenoxy) is 1. The Morgan fingerprint density at radius 3 is 2.54 bits per heavy atom. The van der Waals surface area contributed by atoms with Crippen LogP contribution in [-0.4, -0.2) is 72.0 Å². The molecule has 194 valence electrons. The molecule has 8 nitrogen and oxygen atoms in total. The van der Waals surface area contributed by atoms with Gasteiger partial charge in [0.1, 0.15) is 18.2 Å². The van der Waals surface area contributed by atoms with Crippen LogP contribution >= 0.6 is 0 Å². The molecule has 1 spiro atoms. The number of carbonyl (C=O) groups excluding carboxylic acids is 3. The summed E-state index contributed by atoms with van der Waals surface area (Å²) in [5.41, 5.74) is 0.232. The second-order valence-corrected chi connectivity index (χ2v) is 10.2. The number of alkyl carbamates (subject to hydrolysis) is 1. The van der Waals surface area contributed by atoms with Gasteiger partial charge < -0.3 is 25.2 Å². The number of nitrogens with one attached hydrogen (secondary N) is 2. The van der Waals surface area contributed by atoms with Crippen LogP contribution in [0.5, 0.6) is 0 Å². The third kappa shape index (κ3) is 7.19. The quantitative estimate of drug-likeness (QED) is 0.469. The van der Waals surface area contributed by atoms with Crippen molar-refractivity contribution >= 4 is 17.9 Å². The van der Waals surface area contributed by atoms with E-state index in [0.29, 0.717) is 44.7 Å². The van der Waals surface area contributed by atoms with Gasteiger partial charge in [-0.25, -0.2) is 4.79 Å². The molecular formula is C27H42N4O4. The highest BCUT2D eigenvalue weighted by Crippen LogP contribution is 2.34. The maximum atomic E-state index is 13.4. The summed E-state index contributed by atoms with van der Waals surface area (Å²) < 4.78 is 5.22. The number of hydrogen-bond donors (Lipinski definition) is 2. The van der Waals surface area contributed by atoms with E-state index in [1.54, 1.807) is 0 Å². The Morgan fingerprint density at radius 2 is 1.89 bits per heavy atom. The molecule has 2 N–H and O–H groups in total. The molecule has 1 aromatic carbocycles. The molecule has 0 unspecified atom stereocenters. The number of nitrogens with zero attached hydrogens (tertiary/aromatic N) is 2. The minimum atomic E-state index is -0.707. The van der Waals surface area contributed by atoms with Crippen molar-refractivity contribution in [3.05, 3.63) is 35.9 Å². The molecule has 2 aliphatic heterocycles. The fourth-order valence-electron chi connectivity index (χ4n) is 5.18. The van der Waals surface area contributed by atoms with E-state index in [9.17, 15) is 14.4 Å². The molecule has 8 heteroatoms. The summed E-state index contributed by atoms with van der Waals surface area (Å²) in [7, 11) is 0. The highest BCUT2D eigenvalue weighted by molar-refractivity contribution is 6.00. The monoisotopic (exact) mass is 486 g/mol. The standard InChI is InChI=1S/C27H42N4O4/c1-4-16-31-24(32)23(29-25(33)27(31)13-17-30(18-14-27)19-21(2)3)12-8-9-15-28-26(34)35-20-22-10-6-5-7-11-22/h5-7,10-11,21,23H,4,8-9,12-20H2,1-3H3,(H,28,34)(H,29,33)/t23-/m0/s1. The molecule has 0 aliphatic carbocycles. The highest BCUT2D eigenvalue weighted by Gasteiger charge is 2.53. The summed E-state index contributed by atoms with van der Waals surface area (Å²) >= 11 is 0. The number of piperazine rings is 1. The first-order valence-electron chi connectivity index (χ1n) is 13.1. The molecule has 35 heavy (non-hydrogen) atoms. The minimum Gasteiger partial charge on any atom is -0.445 e. The number of rotatable bonds is 11. The van der Waals surface area contributed by atoms with Gasteiger partial charge in [0, 0.05) is 32.7 Å². The van der Waals surface area contributed by atoms with Gasteiger partial charge in [-0.15, -0.1) is 0 Å². The predicted molar refractivity (Wildman–Crippen MR) is 136 cm³/mol. The molecule has 0 aromatic heterocycles. The van der Waals surface area contributed by atoms with Crippen molar-refractivity contribution in [3.8, 4) is 0 Å². The van der Waals surface area contributed by atoms with E-state index in [0.717, 1.165) is 38.0 Å². The number of carbonyl (C=O) groups is 3. The number of likely N-dealkylation sites (tertiary alicyclic amines) is 1. The first kappa shape index (κ1) is 27.0. The number of hydrogen-bond acceptors (Lipinski definition) is 5. The molecule has 3 amide bonds. The van der Waals surface area contributed by atoms with Crippen molar-refractivity contribution in [2.45, 2.75) is 77.5 Å². The van der Waals surface area contributed by atoms with Gasteiger partial charge in [0.25, 0.3) is 0 Å². The fourth-order valence-corrected chi connectivity index (χ4v) is 5.18. The van der Waals surface area contributed by atoms with Crippen LogP contribution in [0.25, 0.3) is 0 Å². The van der Waals surface area contributed by atoms with Crippen LogP contribution in [0.4, 0.5) is 4.79 Å². The Kier molecular flexibility index (Phi) is 9.95. The summed E-state index contributed by atoms with van der Waals surface area (Å²) in [6.07, 6.45) is 3.78. The Hall–Kier alpha value is -2.61. The molecule has 3 rings (SSSR count). The maximum Gasteiger partial charge on any atom is 0.407 e. The van der Waals surface area contributed by atoms with Crippen molar-refractivity contribution < 1.29 is 19.1 Å². The van der Waals surface area contributed by atoms with E-state index in [1.165, 1.54) is 0 Å². The lowest BCUT2D eigenvalue weighted by molar-refractivity contribution is -0.161.